The number of anilines is 1. The van der Waals surface area contributed by atoms with Gasteiger partial charge in [-0.3, -0.25) is 19.5 Å². The third-order valence-electron chi connectivity index (χ3n) is 5.75. The molecule has 1 aliphatic heterocycles. The molecule has 1 unspecified atom stereocenters. The van der Waals surface area contributed by atoms with Crippen molar-refractivity contribution in [1.29, 1.82) is 0 Å². The number of aliphatic hydroxyl groups is 1. The lowest BCUT2D eigenvalue weighted by molar-refractivity contribution is -0.117. The zero-order valence-corrected chi connectivity index (χ0v) is 17.6. The first-order chi connectivity index (χ1) is 15.5. The molecular formula is C26H20N2O4. The molecule has 0 fully saturated rings. The van der Waals surface area contributed by atoms with Gasteiger partial charge in [-0.05, 0) is 60.9 Å². The summed E-state index contributed by atoms with van der Waals surface area (Å²) in [5, 5.41) is 11.7. The number of Topliss-reactive ketones (excluding diaryl/α,β-unsaturated/α-hetero) is 1. The minimum atomic E-state index is -0.813. The number of ketones is 1. The average Bonchev–Trinajstić information content (AvgIpc) is 3.35. The van der Waals surface area contributed by atoms with E-state index in [2.05, 4.69) is 4.98 Å². The first-order valence-electron chi connectivity index (χ1n) is 10.2. The number of aryl methyl sites for hydroxylation is 2. The molecule has 2 aromatic carbocycles. The molecule has 6 heteroatoms. The largest absolute Gasteiger partial charge is 0.503 e. The number of nitrogens with zero attached hydrogens (tertiary/aromatic N) is 2. The highest BCUT2D eigenvalue weighted by molar-refractivity contribution is 6.20. The minimum Gasteiger partial charge on any atom is -0.503 e. The molecule has 2 aromatic heterocycles. The van der Waals surface area contributed by atoms with Crippen molar-refractivity contribution in [2.75, 3.05) is 4.90 Å². The summed E-state index contributed by atoms with van der Waals surface area (Å²) in [6.45, 7) is 3.82. The number of hydrogen-bond acceptors (Lipinski definition) is 5. The maximum absolute atomic E-state index is 13.6. The molecule has 1 amide bonds. The summed E-state index contributed by atoms with van der Waals surface area (Å²) in [5.74, 6) is -1.65. The Morgan fingerprint density at radius 2 is 1.78 bits per heavy atom. The number of aromatic nitrogens is 1. The molecule has 0 spiro atoms. The fourth-order valence-electron chi connectivity index (χ4n) is 4.15. The van der Waals surface area contributed by atoms with Gasteiger partial charge in [-0.15, -0.1) is 0 Å². The predicted octanol–water partition coefficient (Wildman–Crippen LogP) is 5.23. The lowest BCUT2D eigenvalue weighted by atomic mass is 9.95. The first-order valence-corrected chi connectivity index (χ1v) is 10.2. The van der Waals surface area contributed by atoms with Gasteiger partial charge in [-0.2, -0.15) is 0 Å². The van der Waals surface area contributed by atoms with Crippen LogP contribution in [-0.4, -0.2) is 21.8 Å². The van der Waals surface area contributed by atoms with E-state index in [1.807, 2.05) is 50.2 Å². The second-order valence-corrected chi connectivity index (χ2v) is 7.89. The van der Waals surface area contributed by atoms with Crippen molar-refractivity contribution >= 4 is 28.3 Å². The molecule has 3 heterocycles. The molecule has 4 aromatic rings. The summed E-state index contributed by atoms with van der Waals surface area (Å²) in [4.78, 5) is 32.4. The van der Waals surface area contributed by atoms with Crippen LogP contribution < -0.4 is 4.90 Å². The van der Waals surface area contributed by atoms with E-state index in [1.165, 1.54) is 4.90 Å². The molecule has 5 rings (SSSR count). The number of aliphatic hydroxyl groups excluding tert-OH is 1. The second kappa shape index (κ2) is 7.50. The molecule has 1 aliphatic rings. The Morgan fingerprint density at radius 1 is 1.03 bits per heavy atom. The molecule has 0 saturated carbocycles. The van der Waals surface area contributed by atoms with Gasteiger partial charge in [0.25, 0.3) is 5.91 Å². The SMILES string of the molecule is Cc1ccc(C)c(N2C(=O)C(O)=C(C(=O)c3cc4ccccc4o3)C2c2ccncc2)c1. The number of benzene rings is 2. The minimum absolute atomic E-state index is 0.0128. The Morgan fingerprint density at radius 3 is 2.53 bits per heavy atom. The van der Waals surface area contributed by atoms with Crippen molar-refractivity contribution in [3.63, 3.8) is 0 Å². The first kappa shape index (κ1) is 19.8. The molecular weight excluding hydrogens is 404 g/mol. The smallest absolute Gasteiger partial charge is 0.294 e. The maximum Gasteiger partial charge on any atom is 0.294 e. The molecule has 158 valence electrons. The van der Waals surface area contributed by atoms with E-state index in [0.29, 0.717) is 16.8 Å². The summed E-state index contributed by atoms with van der Waals surface area (Å²) in [6, 6.07) is 17.3. The van der Waals surface area contributed by atoms with Crippen molar-refractivity contribution in [2.24, 2.45) is 0 Å². The molecule has 0 radical (unpaired) electrons. The zero-order chi connectivity index (χ0) is 22.4. The van der Waals surface area contributed by atoms with E-state index in [4.69, 9.17) is 4.42 Å². The Labute approximate surface area is 184 Å². The van der Waals surface area contributed by atoms with Crippen LogP contribution >= 0.6 is 0 Å². The van der Waals surface area contributed by atoms with Gasteiger partial charge in [0.15, 0.2) is 11.5 Å². The van der Waals surface area contributed by atoms with Crippen molar-refractivity contribution in [1.82, 2.24) is 4.98 Å². The number of para-hydroxylation sites is 1. The topological polar surface area (TPSA) is 83.6 Å². The van der Waals surface area contributed by atoms with Gasteiger partial charge in [0.05, 0.1) is 11.6 Å². The quantitative estimate of drug-likeness (QED) is 0.454. The highest BCUT2D eigenvalue weighted by atomic mass is 16.3. The summed E-state index contributed by atoms with van der Waals surface area (Å²) in [5.41, 5.74) is 3.67. The Bertz CT molecular complexity index is 1370. The Hall–Kier alpha value is -4.19. The number of fused-ring (bicyclic) bond motifs is 1. The lowest BCUT2D eigenvalue weighted by Crippen LogP contribution is -2.31. The van der Waals surface area contributed by atoms with Crippen LogP contribution in [0.4, 0.5) is 5.69 Å². The van der Waals surface area contributed by atoms with Gasteiger partial charge in [0.1, 0.15) is 5.58 Å². The number of carbonyl (C=O) groups is 2. The zero-order valence-electron chi connectivity index (χ0n) is 17.6. The van der Waals surface area contributed by atoms with Gasteiger partial charge in [0.2, 0.25) is 5.78 Å². The molecule has 1 atom stereocenters. The van der Waals surface area contributed by atoms with Crippen LogP contribution in [0.15, 0.2) is 88.8 Å². The van der Waals surface area contributed by atoms with Crippen LogP contribution in [0.3, 0.4) is 0 Å². The van der Waals surface area contributed by atoms with Crippen LogP contribution in [-0.2, 0) is 4.79 Å². The summed E-state index contributed by atoms with van der Waals surface area (Å²) < 4.78 is 5.76. The van der Waals surface area contributed by atoms with E-state index >= 15 is 0 Å². The van der Waals surface area contributed by atoms with Gasteiger partial charge in [-0.1, -0.05) is 30.3 Å². The number of furan rings is 1. The van der Waals surface area contributed by atoms with E-state index in [1.54, 1.807) is 36.7 Å². The average molecular weight is 424 g/mol. The fraction of sp³-hybridized carbons (Fsp3) is 0.115. The van der Waals surface area contributed by atoms with Gasteiger partial charge in [-0.25, -0.2) is 0 Å². The van der Waals surface area contributed by atoms with E-state index in [-0.39, 0.29) is 11.3 Å². The van der Waals surface area contributed by atoms with Crippen molar-refractivity contribution < 1.29 is 19.1 Å². The summed E-state index contributed by atoms with van der Waals surface area (Å²) in [7, 11) is 0. The van der Waals surface area contributed by atoms with Gasteiger partial charge >= 0.3 is 0 Å². The third-order valence-corrected chi connectivity index (χ3v) is 5.75. The van der Waals surface area contributed by atoms with Crippen LogP contribution in [0.1, 0.15) is 33.3 Å². The predicted molar refractivity (Wildman–Crippen MR) is 121 cm³/mol. The van der Waals surface area contributed by atoms with Crippen LogP contribution in [0.5, 0.6) is 0 Å². The molecule has 0 aliphatic carbocycles. The maximum atomic E-state index is 13.6. The Balaban J connectivity index is 1.69. The van der Waals surface area contributed by atoms with E-state index < -0.39 is 23.5 Å². The van der Waals surface area contributed by atoms with Crippen LogP contribution in [0.2, 0.25) is 0 Å². The molecule has 32 heavy (non-hydrogen) atoms. The fourth-order valence-corrected chi connectivity index (χ4v) is 4.15. The van der Waals surface area contributed by atoms with Crippen molar-refractivity contribution in [3.8, 4) is 0 Å². The monoisotopic (exact) mass is 424 g/mol. The van der Waals surface area contributed by atoms with Crippen molar-refractivity contribution in [2.45, 2.75) is 19.9 Å². The highest BCUT2D eigenvalue weighted by Crippen LogP contribution is 2.43. The second-order valence-electron chi connectivity index (χ2n) is 7.89. The normalized spacial score (nSPS) is 16.2. The van der Waals surface area contributed by atoms with Crippen LogP contribution in [0.25, 0.3) is 11.0 Å². The number of pyridine rings is 1. The van der Waals surface area contributed by atoms with Gasteiger partial charge in [0, 0.05) is 23.5 Å². The molecule has 0 bridgehead atoms. The summed E-state index contributed by atoms with van der Waals surface area (Å²) >= 11 is 0. The number of amides is 1. The molecule has 1 N–H and O–H groups in total. The standard InChI is InChI=1S/C26H20N2O4/c1-15-7-8-16(2)19(13-15)28-23(17-9-11-27-12-10-17)22(25(30)26(28)31)24(29)21-14-18-5-3-4-6-20(18)32-21/h3-14,23,30H,1-2H3. The Kier molecular flexibility index (Phi) is 4.63. The molecule has 6 nitrogen and oxygen atoms in total. The number of rotatable bonds is 4. The summed E-state index contributed by atoms with van der Waals surface area (Å²) in [6.07, 6.45) is 3.19. The number of hydrogen-bond donors (Lipinski definition) is 1. The lowest BCUT2D eigenvalue weighted by Gasteiger charge is -2.28. The number of carbonyl (C=O) groups excluding carboxylic acids is 2. The van der Waals surface area contributed by atoms with E-state index in [0.717, 1.165) is 16.5 Å². The van der Waals surface area contributed by atoms with Gasteiger partial charge < -0.3 is 9.52 Å². The highest BCUT2D eigenvalue weighted by Gasteiger charge is 2.45. The molecule has 0 saturated heterocycles. The van der Waals surface area contributed by atoms with E-state index in [9.17, 15) is 14.7 Å². The van der Waals surface area contributed by atoms with Crippen LogP contribution in [0, 0.1) is 13.8 Å². The van der Waals surface area contributed by atoms with Crippen molar-refractivity contribution in [3.05, 3.63) is 107 Å². The third kappa shape index (κ3) is 3.08.